The number of hydrogen-bond acceptors (Lipinski definition) is 2. The summed E-state index contributed by atoms with van der Waals surface area (Å²) in [6.07, 6.45) is 6.83. The molecule has 2 atom stereocenters. The van der Waals surface area contributed by atoms with Crippen LogP contribution in [-0.2, 0) is 6.42 Å². The smallest absolute Gasteiger partial charge is 0.119 e. The Morgan fingerprint density at radius 2 is 2.17 bits per heavy atom. The highest BCUT2D eigenvalue weighted by atomic mass is 16.3. The first kappa shape index (κ1) is 12.9. The number of hydrogen-bond donors (Lipinski definition) is 2. The van der Waals surface area contributed by atoms with E-state index in [1.807, 2.05) is 18.2 Å². The van der Waals surface area contributed by atoms with E-state index < -0.39 is 0 Å². The lowest BCUT2D eigenvalue weighted by Gasteiger charge is -2.34. The highest BCUT2D eigenvalue weighted by Crippen LogP contribution is 2.39. The number of phenols is 1. The van der Waals surface area contributed by atoms with Gasteiger partial charge in [-0.15, -0.1) is 13.2 Å². The monoisotopic (exact) mass is 243 g/mol. The molecule has 0 aliphatic heterocycles. The summed E-state index contributed by atoms with van der Waals surface area (Å²) in [5, 5.41) is 13.6. The number of aromatic hydroxyl groups is 1. The van der Waals surface area contributed by atoms with Gasteiger partial charge in [-0.2, -0.15) is 0 Å². The Kier molecular flexibility index (Phi) is 4.21. The standard InChI is InChI=1S/C16H21NO/c1-3-6-13-14(17-11-4-2)10-9-12-7-5-8-15(18)16(12)13/h3-5,7-8,13-14,17-18H,1-2,6,9-11H2/t13-,14-/m0/s1. The number of rotatable bonds is 5. The Labute approximate surface area is 109 Å². The van der Waals surface area contributed by atoms with Gasteiger partial charge < -0.3 is 10.4 Å². The molecule has 0 heterocycles. The normalized spacial score (nSPS) is 22.2. The summed E-state index contributed by atoms with van der Waals surface area (Å²) in [5.74, 6) is 0.733. The number of nitrogens with one attached hydrogen (secondary N) is 1. The first-order chi connectivity index (χ1) is 8.77. The maximum Gasteiger partial charge on any atom is 0.119 e. The minimum absolute atomic E-state index is 0.312. The van der Waals surface area contributed by atoms with Crippen LogP contribution in [0.15, 0.2) is 43.5 Å². The van der Waals surface area contributed by atoms with Crippen molar-refractivity contribution in [1.82, 2.24) is 5.32 Å². The summed E-state index contributed by atoms with van der Waals surface area (Å²) in [5.41, 5.74) is 2.38. The van der Waals surface area contributed by atoms with Crippen molar-refractivity contribution in [3.8, 4) is 5.75 Å². The van der Waals surface area contributed by atoms with Crippen LogP contribution in [0.2, 0.25) is 0 Å². The third-order valence-corrected chi connectivity index (χ3v) is 3.70. The Hall–Kier alpha value is -1.54. The highest BCUT2D eigenvalue weighted by molar-refractivity contribution is 5.45. The Bertz CT molecular complexity index is 439. The fraction of sp³-hybridized carbons (Fsp3) is 0.375. The lowest BCUT2D eigenvalue weighted by Crippen LogP contribution is -2.38. The van der Waals surface area contributed by atoms with Gasteiger partial charge in [-0.3, -0.25) is 0 Å². The quantitative estimate of drug-likeness (QED) is 0.779. The molecule has 2 N–H and O–H groups in total. The molecule has 0 amide bonds. The molecular weight excluding hydrogens is 222 g/mol. The van der Waals surface area contributed by atoms with Gasteiger partial charge in [-0.1, -0.05) is 24.3 Å². The van der Waals surface area contributed by atoms with Gasteiger partial charge in [0.25, 0.3) is 0 Å². The minimum Gasteiger partial charge on any atom is -0.508 e. The highest BCUT2D eigenvalue weighted by Gasteiger charge is 2.30. The second-order valence-electron chi connectivity index (χ2n) is 4.82. The van der Waals surface area contributed by atoms with Gasteiger partial charge in [0, 0.05) is 24.1 Å². The summed E-state index contributed by atoms with van der Waals surface area (Å²) in [7, 11) is 0. The van der Waals surface area contributed by atoms with Crippen LogP contribution in [0.5, 0.6) is 5.75 Å². The summed E-state index contributed by atoms with van der Waals surface area (Å²) < 4.78 is 0. The molecule has 1 aromatic rings. The lowest BCUT2D eigenvalue weighted by molar-refractivity contribution is 0.381. The molecule has 1 aromatic carbocycles. The Morgan fingerprint density at radius 3 is 2.89 bits per heavy atom. The molecule has 0 saturated heterocycles. The van der Waals surface area contributed by atoms with E-state index in [0.29, 0.717) is 17.7 Å². The molecule has 2 rings (SSSR count). The zero-order valence-corrected chi connectivity index (χ0v) is 10.7. The van der Waals surface area contributed by atoms with Crippen LogP contribution in [0, 0.1) is 0 Å². The molecule has 0 aromatic heterocycles. The predicted molar refractivity (Wildman–Crippen MR) is 76.0 cm³/mol. The molecule has 0 bridgehead atoms. The largest absolute Gasteiger partial charge is 0.508 e. The van der Waals surface area contributed by atoms with Crippen molar-refractivity contribution in [2.45, 2.75) is 31.2 Å². The summed E-state index contributed by atoms with van der Waals surface area (Å²) in [6, 6.07) is 6.22. The molecule has 0 spiro atoms. The molecule has 0 radical (unpaired) electrons. The first-order valence-corrected chi connectivity index (χ1v) is 6.53. The molecule has 96 valence electrons. The molecule has 1 aliphatic carbocycles. The van der Waals surface area contributed by atoms with Crippen molar-refractivity contribution in [2.24, 2.45) is 0 Å². The van der Waals surface area contributed by atoms with E-state index in [1.165, 1.54) is 5.56 Å². The molecule has 18 heavy (non-hydrogen) atoms. The summed E-state index contributed by atoms with van der Waals surface area (Å²) in [6.45, 7) is 8.40. The van der Waals surface area contributed by atoms with Crippen LogP contribution in [-0.4, -0.2) is 17.7 Å². The molecule has 1 aliphatic rings. The third kappa shape index (κ3) is 2.49. The van der Waals surface area contributed by atoms with Crippen LogP contribution in [0.25, 0.3) is 0 Å². The van der Waals surface area contributed by atoms with Gasteiger partial charge in [-0.05, 0) is 30.9 Å². The summed E-state index contributed by atoms with van der Waals surface area (Å²) in [4.78, 5) is 0. The molecule has 2 heteroatoms. The Morgan fingerprint density at radius 1 is 1.33 bits per heavy atom. The van der Waals surface area contributed by atoms with Crippen LogP contribution in [0.4, 0.5) is 0 Å². The van der Waals surface area contributed by atoms with Crippen molar-refractivity contribution >= 4 is 0 Å². The van der Waals surface area contributed by atoms with E-state index in [0.717, 1.165) is 31.4 Å². The van der Waals surface area contributed by atoms with Crippen molar-refractivity contribution in [3.63, 3.8) is 0 Å². The van der Waals surface area contributed by atoms with Crippen LogP contribution in [0.3, 0.4) is 0 Å². The summed E-state index contributed by atoms with van der Waals surface area (Å²) >= 11 is 0. The van der Waals surface area contributed by atoms with Gasteiger partial charge in [0.15, 0.2) is 0 Å². The topological polar surface area (TPSA) is 32.3 Å². The van der Waals surface area contributed by atoms with E-state index in [-0.39, 0.29) is 0 Å². The van der Waals surface area contributed by atoms with E-state index in [1.54, 1.807) is 6.07 Å². The van der Waals surface area contributed by atoms with E-state index in [2.05, 4.69) is 24.5 Å². The third-order valence-electron chi connectivity index (χ3n) is 3.70. The van der Waals surface area contributed by atoms with Crippen LogP contribution >= 0.6 is 0 Å². The molecule has 0 unspecified atom stereocenters. The first-order valence-electron chi connectivity index (χ1n) is 6.53. The van der Waals surface area contributed by atoms with Crippen molar-refractivity contribution in [2.75, 3.05) is 6.54 Å². The number of fused-ring (bicyclic) bond motifs is 1. The van der Waals surface area contributed by atoms with Gasteiger partial charge in [0.1, 0.15) is 5.75 Å². The van der Waals surface area contributed by atoms with Crippen molar-refractivity contribution in [3.05, 3.63) is 54.6 Å². The molecular formula is C16H21NO. The molecule has 0 saturated carbocycles. The van der Waals surface area contributed by atoms with Gasteiger partial charge >= 0.3 is 0 Å². The Balaban J connectivity index is 2.31. The van der Waals surface area contributed by atoms with Crippen LogP contribution in [0.1, 0.15) is 29.9 Å². The van der Waals surface area contributed by atoms with Gasteiger partial charge in [0.05, 0.1) is 0 Å². The second kappa shape index (κ2) is 5.87. The van der Waals surface area contributed by atoms with E-state index >= 15 is 0 Å². The fourth-order valence-corrected chi connectivity index (χ4v) is 2.90. The number of aryl methyl sites for hydroxylation is 1. The lowest BCUT2D eigenvalue weighted by atomic mass is 9.77. The maximum atomic E-state index is 10.1. The number of phenolic OH excluding ortho intramolecular Hbond substituents is 1. The average Bonchev–Trinajstić information content (AvgIpc) is 2.38. The second-order valence-corrected chi connectivity index (χ2v) is 4.82. The van der Waals surface area contributed by atoms with Crippen molar-refractivity contribution in [1.29, 1.82) is 0 Å². The van der Waals surface area contributed by atoms with E-state index in [9.17, 15) is 5.11 Å². The number of allylic oxidation sites excluding steroid dienone is 1. The van der Waals surface area contributed by atoms with Gasteiger partial charge in [0.2, 0.25) is 0 Å². The number of benzene rings is 1. The predicted octanol–water partition coefficient (Wildman–Crippen LogP) is 3.14. The molecule has 0 fully saturated rings. The molecule has 2 nitrogen and oxygen atoms in total. The van der Waals surface area contributed by atoms with Gasteiger partial charge in [-0.25, -0.2) is 0 Å². The average molecular weight is 243 g/mol. The zero-order chi connectivity index (χ0) is 13.0. The zero-order valence-electron chi connectivity index (χ0n) is 10.7. The van der Waals surface area contributed by atoms with E-state index in [4.69, 9.17) is 0 Å². The SMILES string of the molecule is C=CCN[C@H]1CCc2cccc(O)c2[C@H]1CC=C. The van der Waals surface area contributed by atoms with Crippen molar-refractivity contribution < 1.29 is 5.11 Å². The fourth-order valence-electron chi connectivity index (χ4n) is 2.90. The van der Waals surface area contributed by atoms with Crippen LogP contribution < -0.4 is 5.32 Å². The maximum absolute atomic E-state index is 10.1. The minimum atomic E-state index is 0.312.